The van der Waals surface area contributed by atoms with Gasteiger partial charge in [-0.3, -0.25) is 5.10 Å². The first-order valence-electron chi connectivity index (χ1n) is 10.5. The molecule has 0 saturated carbocycles. The lowest BCUT2D eigenvalue weighted by Crippen LogP contribution is -2.27. The number of ether oxygens (including phenoxy) is 2. The number of hydrogen-bond acceptors (Lipinski definition) is 8. The summed E-state index contributed by atoms with van der Waals surface area (Å²) in [5.74, 6) is -0.0214. The zero-order valence-corrected chi connectivity index (χ0v) is 19.6. The van der Waals surface area contributed by atoms with E-state index in [0.29, 0.717) is 17.3 Å². The molecule has 33 heavy (non-hydrogen) atoms. The summed E-state index contributed by atoms with van der Waals surface area (Å²) in [6, 6.07) is 8.70. The lowest BCUT2D eigenvalue weighted by molar-refractivity contribution is -0.157. The van der Waals surface area contributed by atoms with Crippen LogP contribution in [0.25, 0.3) is 0 Å². The van der Waals surface area contributed by atoms with E-state index >= 15 is 0 Å². The molecular weight excluding hydrogens is 427 g/mol. The van der Waals surface area contributed by atoms with E-state index < -0.39 is 17.4 Å². The molecule has 0 aliphatic carbocycles. The molecule has 10 heteroatoms. The predicted octanol–water partition coefficient (Wildman–Crippen LogP) is 4.84. The number of hydrogen-bond donors (Lipinski definition) is 3. The fourth-order valence-electron chi connectivity index (χ4n) is 2.71. The second-order valence-corrected chi connectivity index (χ2v) is 9.46. The van der Waals surface area contributed by atoms with Gasteiger partial charge in [0.1, 0.15) is 11.4 Å². The van der Waals surface area contributed by atoms with Gasteiger partial charge in [0.25, 0.3) is 0 Å². The fraction of sp³-hybridized carbons (Fsp3) is 0.391. The molecule has 9 nitrogen and oxygen atoms in total. The van der Waals surface area contributed by atoms with Crippen LogP contribution in [0.3, 0.4) is 0 Å². The van der Waals surface area contributed by atoms with Gasteiger partial charge in [0.05, 0.1) is 6.20 Å². The van der Waals surface area contributed by atoms with Crippen molar-refractivity contribution in [3.8, 4) is 5.75 Å². The molecule has 1 aromatic carbocycles. The van der Waals surface area contributed by atoms with E-state index in [4.69, 9.17) is 9.47 Å². The molecule has 3 rings (SSSR count). The van der Waals surface area contributed by atoms with Crippen molar-refractivity contribution in [1.29, 1.82) is 0 Å². The maximum absolute atomic E-state index is 14.3. The van der Waals surface area contributed by atoms with Crippen LogP contribution in [0.4, 0.5) is 27.7 Å². The average molecular weight is 457 g/mol. The topological polar surface area (TPSA) is 114 Å². The summed E-state index contributed by atoms with van der Waals surface area (Å²) in [6.07, 6.45) is 1.07. The van der Waals surface area contributed by atoms with Crippen LogP contribution >= 0.6 is 0 Å². The molecule has 0 atom stereocenters. The summed E-state index contributed by atoms with van der Waals surface area (Å²) in [7, 11) is 0. The number of halogens is 1. The number of rotatable bonds is 7. The van der Waals surface area contributed by atoms with Crippen molar-refractivity contribution in [1.82, 2.24) is 20.2 Å². The van der Waals surface area contributed by atoms with Crippen molar-refractivity contribution in [3.63, 3.8) is 0 Å². The van der Waals surface area contributed by atoms with Crippen molar-refractivity contribution in [2.75, 3.05) is 17.2 Å². The molecule has 0 unspecified atom stereocenters. The monoisotopic (exact) mass is 456 g/mol. The fourth-order valence-corrected chi connectivity index (χ4v) is 2.71. The smallest absolute Gasteiger partial charge is 0.344 e. The zero-order valence-electron chi connectivity index (χ0n) is 19.6. The lowest BCUT2D eigenvalue weighted by Gasteiger charge is -2.19. The maximum Gasteiger partial charge on any atom is 0.344 e. The van der Waals surface area contributed by atoms with E-state index in [1.54, 1.807) is 51.1 Å². The van der Waals surface area contributed by atoms with Crippen molar-refractivity contribution in [3.05, 3.63) is 48.0 Å². The van der Waals surface area contributed by atoms with Gasteiger partial charge in [-0.05, 0) is 32.9 Å². The van der Waals surface area contributed by atoms with E-state index in [0.717, 1.165) is 11.9 Å². The number of aromatic amines is 1. The van der Waals surface area contributed by atoms with Crippen LogP contribution in [0.15, 0.2) is 36.5 Å². The molecule has 2 aromatic heterocycles. The second-order valence-electron chi connectivity index (χ2n) is 9.46. The second kappa shape index (κ2) is 9.43. The van der Waals surface area contributed by atoms with Gasteiger partial charge in [0.2, 0.25) is 5.95 Å². The number of carbonyl (C=O) groups is 1. The number of esters is 1. The van der Waals surface area contributed by atoms with Gasteiger partial charge in [0, 0.05) is 28.9 Å². The highest BCUT2D eigenvalue weighted by atomic mass is 19.1. The summed E-state index contributed by atoms with van der Waals surface area (Å²) < 4.78 is 25.0. The Kier molecular flexibility index (Phi) is 6.85. The Morgan fingerprint density at radius 1 is 1.12 bits per heavy atom. The summed E-state index contributed by atoms with van der Waals surface area (Å²) in [6.45, 7) is 11.3. The minimum Gasteiger partial charge on any atom is -0.482 e. The van der Waals surface area contributed by atoms with Gasteiger partial charge in [-0.15, -0.1) is 0 Å². The molecule has 176 valence electrons. The zero-order chi connectivity index (χ0) is 24.2. The van der Waals surface area contributed by atoms with Crippen molar-refractivity contribution < 1.29 is 18.7 Å². The average Bonchev–Trinajstić information content (AvgIpc) is 3.17. The Labute approximate surface area is 192 Å². The molecule has 0 saturated heterocycles. The predicted molar refractivity (Wildman–Crippen MR) is 124 cm³/mol. The first-order chi connectivity index (χ1) is 15.4. The van der Waals surface area contributed by atoms with Crippen LogP contribution < -0.4 is 15.4 Å². The van der Waals surface area contributed by atoms with Gasteiger partial charge in [-0.25, -0.2) is 14.2 Å². The summed E-state index contributed by atoms with van der Waals surface area (Å²) in [5, 5.41) is 13.0. The highest BCUT2D eigenvalue weighted by molar-refractivity contribution is 5.71. The van der Waals surface area contributed by atoms with Gasteiger partial charge < -0.3 is 20.1 Å². The van der Waals surface area contributed by atoms with Crippen molar-refractivity contribution in [2.24, 2.45) is 0 Å². The summed E-state index contributed by atoms with van der Waals surface area (Å²) >= 11 is 0. The summed E-state index contributed by atoms with van der Waals surface area (Å²) in [5.41, 5.74) is 0.797. The first kappa shape index (κ1) is 24.0. The van der Waals surface area contributed by atoms with Gasteiger partial charge in [-0.1, -0.05) is 26.8 Å². The summed E-state index contributed by atoms with van der Waals surface area (Å²) in [4.78, 5) is 20.0. The van der Waals surface area contributed by atoms with Crippen LogP contribution in [0.5, 0.6) is 5.75 Å². The Balaban J connectivity index is 1.67. The van der Waals surface area contributed by atoms with E-state index in [2.05, 4.69) is 30.8 Å². The van der Waals surface area contributed by atoms with Gasteiger partial charge in [-0.2, -0.15) is 10.1 Å². The molecule has 0 radical (unpaired) electrons. The number of aromatic nitrogens is 4. The number of benzene rings is 1. The number of nitrogens with zero attached hydrogens (tertiary/aromatic N) is 3. The largest absolute Gasteiger partial charge is 0.482 e. The van der Waals surface area contributed by atoms with Crippen LogP contribution in [0, 0.1) is 5.82 Å². The molecule has 3 N–H and O–H groups in total. The minimum absolute atomic E-state index is 0.0169. The Bertz CT molecular complexity index is 1120. The standard InChI is InChI=1S/C23H29FN6O3/c1-22(2,3)17-11-18(30-29-17)27-20-16(24)12-25-21(28-20)26-14-8-7-9-15(10-14)32-13-19(31)33-23(4,5)6/h7-12H,13H2,1-6H3,(H3,25,26,27,28,29,30). The molecule has 0 spiro atoms. The number of nitrogens with one attached hydrogen (secondary N) is 3. The quantitative estimate of drug-likeness (QED) is 0.433. The molecule has 0 fully saturated rings. The molecule has 0 amide bonds. The van der Waals surface area contributed by atoms with Gasteiger partial charge in [0.15, 0.2) is 24.1 Å². The van der Waals surface area contributed by atoms with E-state index in [-0.39, 0.29) is 23.8 Å². The van der Waals surface area contributed by atoms with Crippen LogP contribution in [-0.2, 0) is 14.9 Å². The molecule has 0 aliphatic heterocycles. The van der Waals surface area contributed by atoms with Crippen LogP contribution in [-0.4, -0.2) is 38.3 Å². The van der Waals surface area contributed by atoms with E-state index in [1.807, 2.05) is 20.8 Å². The highest BCUT2D eigenvalue weighted by Gasteiger charge is 2.18. The molecule has 0 aliphatic rings. The van der Waals surface area contributed by atoms with E-state index in [9.17, 15) is 9.18 Å². The Morgan fingerprint density at radius 3 is 2.55 bits per heavy atom. The van der Waals surface area contributed by atoms with Crippen LogP contribution in [0.2, 0.25) is 0 Å². The van der Waals surface area contributed by atoms with E-state index in [1.165, 1.54) is 0 Å². The van der Waals surface area contributed by atoms with Crippen LogP contribution in [0.1, 0.15) is 47.2 Å². The Hall–Kier alpha value is -3.69. The van der Waals surface area contributed by atoms with Crippen molar-refractivity contribution in [2.45, 2.75) is 52.6 Å². The first-order valence-corrected chi connectivity index (χ1v) is 10.5. The third-order valence-corrected chi connectivity index (χ3v) is 4.24. The minimum atomic E-state index is -0.615. The number of H-pyrrole nitrogens is 1. The maximum atomic E-state index is 14.3. The molecule has 0 bridgehead atoms. The molecule has 3 aromatic rings. The third-order valence-electron chi connectivity index (χ3n) is 4.24. The third kappa shape index (κ3) is 7.16. The normalized spacial score (nSPS) is 11.7. The highest BCUT2D eigenvalue weighted by Crippen LogP contribution is 2.25. The number of anilines is 4. The Morgan fingerprint density at radius 2 is 1.88 bits per heavy atom. The number of carbonyl (C=O) groups excluding carboxylic acids is 1. The lowest BCUT2D eigenvalue weighted by atomic mass is 9.92. The SMILES string of the molecule is CC(C)(C)OC(=O)COc1cccc(Nc2ncc(F)c(Nc3cc(C(C)(C)C)[nH]n3)n2)c1. The molecule has 2 heterocycles. The van der Waals surface area contributed by atoms with Gasteiger partial charge >= 0.3 is 5.97 Å². The van der Waals surface area contributed by atoms with Crippen molar-refractivity contribution >= 4 is 29.2 Å². The molecular formula is C23H29FN6O3.